The van der Waals surface area contributed by atoms with Crippen LogP contribution in [0.15, 0.2) is 40.7 Å². The zero-order chi connectivity index (χ0) is 46.8. The molecule has 13 fully saturated rings. The Morgan fingerprint density at radius 2 is 1.84 bits per heavy atom. The maximum absolute atomic E-state index is 16.0. The van der Waals surface area contributed by atoms with Gasteiger partial charge in [0.05, 0.1) is 48.5 Å². The highest BCUT2D eigenvalue weighted by atomic mass is 16.7. The van der Waals surface area contributed by atoms with Crippen LogP contribution >= 0.6 is 0 Å². The second kappa shape index (κ2) is 13.0. The van der Waals surface area contributed by atoms with Crippen LogP contribution in [-0.2, 0) is 39.8 Å². The topological polar surface area (TPSA) is 181 Å². The van der Waals surface area contributed by atoms with E-state index in [2.05, 4.69) is 49.3 Å². The van der Waals surface area contributed by atoms with Crippen LogP contribution in [0, 0.1) is 92.2 Å². The largest absolute Gasteiger partial charge is 0.469 e. The molecule has 13 nitrogen and oxygen atoms in total. The van der Waals surface area contributed by atoms with Crippen LogP contribution in [0.2, 0.25) is 0 Å². The monoisotopic (exact) mass is 946 g/mol. The molecule has 0 radical (unpaired) electrons. The molecular weight excluding hydrogens is 877 g/mol. The molecule has 8 aliphatic carbocycles. The van der Waals surface area contributed by atoms with Crippen molar-refractivity contribution in [3.63, 3.8) is 0 Å². The quantitative estimate of drug-likeness (QED) is 0.159. The molecular formula is C56H70N2O11. The summed E-state index contributed by atoms with van der Waals surface area (Å²) in [5.41, 5.74) is -5.05. The highest BCUT2D eigenvalue weighted by Crippen LogP contribution is 2.92. The number of fused-ring (bicyclic) bond motifs is 6. The molecule has 5 spiro atoms. The molecule has 1 aromatic heterocycles. The van der Waals surface area contributed by atoms with E-state index in [1.807, 2.05) is 6.07 Å². The lowest BCUT2D eigenvalue weighted by Gasteiger charge is -2.70. The Balaban J connectivity index is 0.867. The molecule has 69 heavy (non-hydrogen) atoms. The normalized spacial score (nSPS) is 57.7. The van der Waals surface area contributed by atoms with Gasteiger partial charge in [0.25, 0.3) is 0 Å². The fraction of sp³-hybridized carbons (Fsp3) is 0.804. The Hall–Kier alpha value is -3.07. The molecule has 5 bridgehead atoms. The van der Waals surface area contributed by atoms with E-state index in [1.165, 1.54) is 12.0 Å². The number of furan rings is 1. The average Bonchev–Trinajstić information content (AvgIpc) is 3.81. The van der Waals surface area contributed by atoms with Gasteiger partial charge in [-0.3, -0.25) is 14.9 Å². The number of aliphatic hydroxyl groups is 3. The van der Waals surface area contributed by atoms with Crippen molar-refractivity contribution in [1.82, 2.24) is 10.2 Å². The number of ether oxygens (including phenoxy) is 4. The molecule has 15 aliphatic rings. The summed E-state index contributed by atoms with van der Waals surface area (Å²) in [6.45, 7) is 7.91. The summed E-state index contributed by atoms with van der Waals surface area (Å²) in [5.74, 6) is -0.380. The van der Waals surface area contributed by atoms with Gasteiger partial charge in [-0.05, 0) is 166 Å². The SMILES string of the molecule is C[C@]12[C@H](O)C(=O)[C@H]3[C@@]45COC(=O)[C@H]6[C@@]78[C@@H](CC[C@@]79CCC[C@@H]9CC[C@H]8[C@H](C[C@@]7(C)[C@H](c8ccoc8C[C@@H]([C@@H]8CC[C@H]9[C@H](C=CN%10CNC[C@@H]9%10)C8)[C@H](O)CO)OC(=O)[C@H]8O[C@@]817)[C@@H]24)CC1=CC[C@]3(C)O[C@@]165. The van der Waals surface area contributed by atoms with E-state index in [1.54, 1.807) is 6.26 Å². The van der Waals surface area contributed by atoms with Crippen LogP contribution in [-0.4, -0.2) is 106 Å². The Kier molecular flexibility index (Phi) is 7.99. The Morgan fingerprint density at radius 3 is 2.70 bits per heavy atom. The predicted molar refractivity (Wildman–Crippen MR) is 244 cm³/mol. The molecule has 16 rings (SSSR count). The van der Waals surface area contributed by atoms with Gasteiger partial charge in [0, 0.05) is 35.4 Å². The van der Waals surface area contributed by atoms with E-state index in [-0.39, 0.29) is 65.9 Å². The summed E-state index contributed by atoms with van der Waals surface area (Å²) in [6, 6.07) is 2.41. The van der Waals surface area contributed by atoms with Gasteiger partial charge in [0.1, 0.15) is 35.8 Å². The average molecular weight is 947 g/mol. The van der Waals surface area contributed by atoms with E-state index < -0.39 is 80.7 Å². The van der Waals surface area contributed by atoms with Gasteiger partial charge in [-0.25, -0.2) is 4.79 Å². The fourth-order valence-corrected chi connectivity index (χ4v) is 24.0. The molecule has 13 heteroatoms. The van der Waals surface area contributed by atoms with Gasteiger partial charge in [-0.2, -0.15) is 0 Å². The number of nitrogens with zero attached hydrogens (tertiary/aromatic N) is 1. The maximum Gasteiger partial charge on any atom is 0.339 e. The van der Waals surface area contributed by atoms with Gasteiger partial charge in [-0.15, -0.1) is 0 Å². The summed E-state index contributed by atoms with van der Waals surface area (Å²) in [4.78, 5) is 48.8. The number of hydrogen-bond donors (Lipinski definition) is 4. The minimum absolute atomic E-state index is 0.0548. The van der Waals surface area contributed by atoms with Gasteiger partial charge in [-0.1, -0.05) is 32.4 Å². The summed E-state index contributed by atoms with van der Waals surface area (Å²) >= 11 is 0. The van der Waals surface area contributed by atoms with Gasteiger partial charge in [0.2, 0.25) is 0 Å². The van der Waals surface area contributed by atoms with Crippen LogP contribution in [0.4, 0.5) is 0 Å². The van der Waals surface area contributed by atoms with Gasteiger partial charge < -0.3 is 43.6 Å². The molecule has 5 saturated heterocycles. The first-order chi connectivity index (χ1) is 33.2. The first-order valence-electron chi connectivity index (χ1n) is 27.4. The van der Waals surface area contributed by atoms with Crippen LogP contribution in [0.5, 0.6) is 0 Å². The number of aliphatic hydroxyl groups excluding tert-OH is 3. The van der Waals surface area contributed by atoms with E-state index >= 15 is 9.59 Å². The molecule has 7 aliphatic heterocycles. The number of nitrogens with one attached hydrogen (secondary N) is 1. The third-order valence-corrected chi connectivity index (χ3v) is 25.4. The first kappa shape index (κ1) is 42.4. The van der Waals surface area contributed by atoms with Crippen molar-refractivity contribution in [3.8, 4) is 0 Å². The van der Waals surface area contributed by atoms with E-state index in [0.29, 0.717) is 48.8 Å². The summed E-state index contributed by atoms with van der Waals surface area (Å²) in [5, 5.41) is 39.4. The zero-order valence-electron chi connectivity index (χ0n) is 40.4. The van der Waals surface area contributed by atoms with Crippen LogP contribution in [0.25, 0.3) is 0 Å². The Morgan fingerprint density at radius 1 is 0.971 bits per heavy atom. The molecule has 8 saturated carbocycles. The van der Waals surface area contributed by atoms with Crippen molar-refractivity contribution in [1.29, 1.82) is 0 Å². The number of carbonyl (C=O) groups excluding carboxylic acids is 3. The standard InChI is InChI=1S/C56H70N2O11/c1-49-22-35-36-9-7-29-5-4-14-52(29)16-11-30-20-31-10-15-50(2)42-40(61)44(62)51(3,41(35)53(42)25-66-47(63)43(54(30,36)52)55(31,53)69-50)56(49)46(68-56)48(64)67-45(49)33-13-18-65-39(33)21-34(38(60)24-59)27-6-8-32-28(19-27)12-17-58-26-57-23-37(32)58/h10,12-13,17-18,27-30,32,34-38,41-46,57,59-60,62H,4-9,11,14-16,19-26H2,1-3H3/t27-,28-,29-,30+,32+,34+,35+,36+,37+,38-,41+,42-,43+,44-,45+,46-,49+,50+,51+,52-,53-,54+,55+,56-/m1/s1. The number of rotatable bonds is 6. The van der Waals surface area contributed by atoms with Crippen molar-refractivity contribution in [2.75, 3.05) is 26.4 Å². The van der Waals surface area contributed by atoms with Crippen molar-refractivity contribution < 1.29 is 53.1 Å². The second-order valence-corrected chi connectivity index (χ2v) is 26.7. The maximum atomic E-state index is 16.0. The number of esters is 2. The lowest BCUT2D eigenvalue weighted by Crippen LogP contribution is -2.80. The minimum atomic E-state index is -1.47. The van der Waals surface area contributed by atoms with E-state index in [0.717, 1.165) is 83.0 Å². The molecule has 0 amide bonds. The minimum Gasteiger partial charge on any atom is -0.469 e. The van der Waals surface area contributed by atoms with Crippen LogP contribution in [0.1, 0.15) is 122 Å². The molecule has 1 aromatic rings. The lowest BCUT2D eigenvalue weighted by atomic mass is 9.32. The third-order valence-electron chi connectivity index (χ3n) is 25.4. The van der Waals surface area contributed by atoms with Crippen LogP contribution in [0.3, 0.4) is 0 Å². The Bertz CT molecular complexity index is 2580. The fourth-order valence-electron chi connectivity index (χ4n) is 24.0. The molecule has 8 heterocycles. The Labute approximate surface area is 403 Å². The first-order valence-corrected chi connectivity index (χ1v) is 27.4. The smallest absolute Gasteiger partial charge is 0.339 e. The molecule has 24 atom stereocenters. The number of epoxide rings is 1. The number of allylic oxidation sites excluding steroid dienone is 1. The highest BCUT2D eigenvalue weighted by Gasteiger charge is 2.98. The van der Waals surface area contributed by atoms with Crippen molar-refractivity contribution in [2.24, 2.45) is 92.2 Å². The van der Waals surface area contributed by atoms with Gasteiger partial charge in [0.15, 0.2) is 11.9 Å². The van der Waals surface area contributed by atoms with Gasteiger partial charge >= 0.3 is 11.9 Å². The number of carbonyl (C=O) groups is 3. The number of hydrogen-bond acceptors (Lipinski definition) is 13. The molecule has 0 unspecified atom stereocenters. The lowest BCUT2D eigenvalue weighted by molar-refractivity contribution is -0.282. The van der Waals surface area contributed by atoms with Crippen molar-refractivity contribution in [2.45, 2.75) is 158 Å². The van der Waals surface area contributed by atoms with E-state index in [9.17, 15) is 20.1 Å². The third kappa shape index (κ3) is 4.22. The summed E-state index contributed by atoms with van der Waals surface area (Å²) in [7, 11) is 0. The predicted octanol–water partition coefficient (Wildman–Crippen LogP) is 5.55. The summed E-state index contributed by atoms with van der Waals surface area (Å²) < 4.78 is 35.1. The van der Waals surface area contributed by atoms with E-state index in [4.69, 9.17) is 23.4 Å². The molecule has 370 valence electrons. The van der Waals surface area contributed by atoms with Crippen LogP contribution < -0.4 is 5.32 Å². The number of ketones is 1. The highest BCUT2D eigenvalue weighted by molar-refractivity contribution is 5.94. The second-order valence-electron chi connectivity index (χ2n) is 26.7. The number of Topliss-reactive ketones (excluding diaryl/α,β-unsaturated/α-hetero) is 1. The van der Waals surface area contributed by atoms with Crippen molar-refractivity contribution >= 4 is 17.7 Å². The molecule has 0 aromatic carbocycles. The summed E-state index contributed by atoms with van der Waals surface area (Å²) in [6.07, 6.45) is 17.2. The molecule has 4 N–H and O–H groups in total. The zero-order valence-corrected chi connectivity index (χ0v) is 40.4. The van der Waals surface area contributed by atoms with Crippen molar-refractivity contribution in [3.05, 3.63) is 47.6 Å². The number of cyclic esters (lactones) is 2.